The number of esters is 1. The number of aliphatic hydroxyl groups is 1. The Labute approximate surface area is 225 Å². The van der Waals surface area contributed by atoms with E-state index < -0.39 is 5.97 Å². The van der Waals surface area contributed by atoms with Gasteiger partial charge in [-0.25, -0.2) is 4.79 Å². The van der Waals surface area contributed by atoms with Crippen molar-refractivity contribution in [2.24, 2.45) is 7.05 Å². The number of hydrogen-bond acceptors (Lipinski definition) is 5. The monoisotopic (exact) mass is 531 g/mol. The second-order valence-corrected chi connectivity index (χ2v) is 9.57. The van der Waals surface area contributed by atoms with Gasteiger partial charge >= 0.3 is 5.97 Å². The molecule has 0 saturated carbocycles. The van der Waals surface area contributed by atoms with E-state index in [4.69, 9.17) is 21.1 Å². The van der Waals surface area contributed by atoms with Gasteiger partial charge < -0.3 is 19.6 Å². The number of ether oxygens (including phenoxy) is 2. The Kier molecular flexibility index (Phi) is 7.40. The third kappa shape index (κ3) is 4.64. The quantitative estimate of drug-likeness (QED) is 0.170. The Morgan fingerprint density at radius 3 is 2.66 bits per heavy atom. The summed E-state index contributed by atoms with van der Waals surface area (Å²) in [5, 5.41) is 18.0. The minimum absolute atomic E-state index is 0.229. The number of aryl methyl sites for hydroxylation is 2. The summed E-state index contributed by atoms with van der Waals surface area (Å²) < 4.78 is 13.3. The van der Waals surface area contributed by atoms with Crippen LogP contribution in [0.4, 0.5) is 0 Å². The first-order chi connectivity index (χ1) is 18.4. The van der Waals surface area contributed by atoms with Crippen LogP contribution in [-0.4, -0.2) is 39.1 Å². The third-order valence-electron chi connectivity index (χ3n) is 6.90. The van der Waals surface area contributed by atoms with E-state index in [1.54, 1.807) is 11.6 Å². The number of aromatic nitrogens is 3. The molecule has 0 saturated heterocycles. The van der Waals surface area contributed by atoms with Crippen molar-refractivity contribution in [2.75, 3.05) is 13.2 Å². The Balaban J connectivity index is 1.51. The summed E-state index contributed by atoms with van der Waals surface area (Å²) in [5.41, 5.74) is 4.83. The first kappa shape index (κ1) is 25.8. The number of nitrogens with zero attached hydrogens (tertiary/aromatic N) is 2. The van der Waals surface area contributed by atoms with Gasteiger partial charge in [-0.3, -0.25) is 4.68 Å². The van der Waals surface area contributed by atoms with Crippen molar-refractivity contribution in [1.82, 2.24) is 14.8 Å². The Morgan fingerprint density at radius 2 is 1.87 bits per heavy atom. The van der Waals surface area contributed by atoms with Crippen LogP contribution >= 0.6 is 11.6 Å². The maximum Gasteiger partial charge on any atom is 0.355 e. The first-order valence-electron chi connectivity index (χ1n) is 12.7. The molecule has 0 aliphatic carbocycles. The number of carbonyl (C=O) groups excluding carboxylic acids is 1. The normalized spacial score (nSPS) is 11.4. The number of carbonyl (C=O) groups is 1. The average Bonchev–Trinajstić information content (AvgIpc) is 3.43. The highest BCUT2D eigenvalue weighted by atomic mass is 35.5. The predicted octanol–water partition coefficient (Wildman–Crippen LogP) is 6.36. The van der Waals surface area contributed by atoms with Gasteiger partial charge in [0.25, 0.3) is 0 Å². The van der Waals surface area contributed by atoms with Crippen molar-refractivity contribution in [3.63, 3.8) is 0 Å². The van der Waals surface area contributed by atoms with Gasteiger partial charge in [-0.15, -0.1) is 0 Å². The van der Waals surface area contributed by atoms with Crippen LogP contribution in [-0.2, 0) is 24.8 Å². The van der Waals surface area contributed by atoms with Crippen LogP contribution in [0.3, 0.4) is 0 Å². The fourth-order valence-electron chi connectivity index (χ4n) is 5.04. The molecule has 2 heterocycles. The number of hydrogen-bond donors (Lipinski definition) is 2. The van der Waals surface area contributed by atoms with Crippen molar-refractivity contribution in [1.29, 1.82) is 0 Å². The first-order valence-corrected chi connectivity index (χ1v) is 13.1. The number of benzene rings is 3. The second-order valence-electron chi connectivity index (χ2n) is 9.16. The Bertz CT molecular complexity index is 1630. The van der Waals surface area contributed by atoms with E-state index >= 15 is 0 Å². The number of fused-ring (bicyclic) bond motifs is 2. The van der Waals surface area contributed by atoms with Gasteiger partial charge in [-0.05, 0) is 49.8 Å². The van der Waals surface area contributed by atoms with Crippen molar-refractivity contribution >= 4 is 39.2 Å². The molecule has 0 bridgehead atoms. The second kappa shape index (κ2) is 10.9. The Morgan fingerprint density at radius 1 is 1.08 bits per heavy atom. The molecule has 5 rings (SSSR count). The van der Waals surface area contributed by atoms with Crippen LogP contribution in [0.2, 0.25) is 5.02 Å². The topological polar surface area (TPSA) is 89.4 Å². The van der Waals surface area contributed by atoms with Gasteiger partial charge in [0.1, 0.15) is 11.4 Å². The molecule has 0 amide bonds. The molecular formula is C30H30ClN3O4. The van der Waals surface area contributed by atoms with Crippen molar-refractivity contribution in [2.45, 2.75) is 33.3 Å². The van der Waals surface area contributed by atoms with Crippen LogP contribution in [0, 0.1) is 6.92 Å². The number of nitrogens with one attached hydrogen (secondary N) is 1. The molecule has 0 spiro atoms. The molecule has 2 aromatic heterocycles. The van der Waals surface area contributed by atoms with E-state index in [1.807, 2.05) is 50.4 Å². The maximum atomic E-state index is 13.0. The summed E-state index contributed by atoms with van der Waals surface area (Å²) in [5.74, 6) is 0.423. The summed E-state index contributed by atoms with van der Waals surface area (Å²) in [6.07, 6.45) is 1.28. The van der Waals surface area contributed by atoms with Crippen LogP contribution in [0.15, 0.2) is 54.6 Å². The molecule has 0 unspecified atom stereocenters. The SMILES string of the molecule is CCOC(=O)c1[nH]c2c(-c3c(CO)nn(C)c3C)c(Cl)ccc2c1CCCOc1cccc2ccccc12. The van der Waals surface area contributed by atoms with E-state index in [1.165, 1.54) is 0 Å². The molecule has 3 aromatic carbocycles. The lowest BCUT2D eigenvalue weighted by atomic mass is 9.98. The van der Waals surface area contributed by atoms with Crippen molar-refractivity contribution < 1.29 is 19.4 Å². The van der Waals surface area contributed by atoms with E-state index in [0.29, 0.717) is 41.4 Å². The maximum absolute atomic E-state index is 13.0. The van der Waals surface area contributed by atoms with Crippen LogP contribution in [0.5, 0.6) is 5.75 Å². The molecule has 2 N–H and O–H groups in total. The molecule has 5 aromatic rings. The number of aromatic amines is 1. The molecule has 38 heavy (non-hydrogen) atoms. The fourth-order valence-corrected chi connectivity index (χ4v) is 5.29. The molecular weight excluding hydrogens is 502 g/mol. The lowest BCUT2D eigenvalue weighted by Gasteiger charge is -2.10. The van der Waals surface area contributed by atoms with Gasteiger partial charge in [0, 0.05) is 34.6 Å². The van der Waals surface area contributed by atoms with Gasteiger partial charge in [-0.1, -0.05) is 54.1 Å². The molecule has 0 fully saturated rings. The van der Waals surface area contributed by atoms with E-state index in [0.717, 1.165) is 44.2 Å². The van der Waals surface area contributed by atoms with Gasteiger partial charge in [0.2, 0.25) is 0 Å². The zero-order valence-corrected chi connectivity index (χ0v) is 22.4. The minimum Gasteiger partial charge on any atom is -0.493 e. The van der Waals surface area contributed by atoms with Crippen LogP contribution < -0.4 is 4.74 Å². The predicted molar refractivity (Wildman–Crippen MR) is 150 cm³/mol. The number of H-pyrrole nitrogens is 1. The smallest absolute Gasteiger partial charge is 0.355 e. The largest absolute Gasteiger partial charge is 0.493 e. The van der Waals surface area contributed by atoms with Gasteiger partial charge in [0.05, 0.1) is 36.1 Å². The molecule has 8 heteroatoms. The Hall–Kier alpha value is -3.81. The zero-order valence-electron chi connectivity index (χ0n) is 21.7. The number of halogens is 1. The van der Waals surface area contributed by atoms with Crippen molar-refractivity contribution in [3.8, 4) is 16.9 Å². The van der Waals surface area contributed by atoms with E-state index in [-0.39, 0.29) is 13.2 Å². The minimum atomic E-state index is -0.416. The molecule has 0 radical (unpaired) electrons. The lowest BCUT2D eigenvalue weighted by Crippen LogP contribution is -2.09. The summed E-state index contributed by atoms with van der Waals surface area (Å²) in [4.78, 5) is 16.3. The van der Waals surface area contributed by atoms with Gasteiger partial charge in [-0.2, -0.15) is 5.10 Å². The highest BCUT2D eigenvalue weighted by Gasteiger charge is 2.25. The highest BCUT2D eigenvalue weighted by molar-refractivity contribution is 6.35. The molecule has 0 aliphatic heterocycles. The average molecular weight is 532 g/mol. The van der Waals surface area contributed by atoms with Crippen LogP contribution in [0.1, 0.15) is 40.8 Å². The summed E-state index contributed by atoms with van der Waals surface area (Å²) in [7, 11) is 1.83. The van der Waals surface area contributed by atoms with Gasteiger partial charge in [0.15, 0.2) is 0 Å². The standard InChI is InChI=1S/C30H30ClN3O4/c1-4-37-30(36)29-21(12-8-16-38-25-13-7-10-19-9-5-6-11-20(19)25)22-14-15-23(31)27(28(22)32-29)26-18(2)34(3)33-24(26)17-35/h5-7,9-11,13-15,32,35H,4,8,12,16-17H2,1-3H3. The van der Waals surface area contributed by atoms with E-state index in [2.05, 4.69) is 28.3 Å². The summed E-state index contributed by atoms with van der Waals surface area (Å²) >= 11 is 6.72. The highest BCUT2D eigenvalue weighted by Crippen LogP contribution is 2.40. The van der Waals surface area contributed by atoms with E-state index in [9.17, 15) is 9.90 Å². The number of rotatable bonds is 9. The lowest BCUT2D eigenvalue weighted by molar-refractivity contribution is 0.0519. The third-order valence-corrected chi connectivity index (χ3v) is 7.21. The van der Waals surface area contributed by atoms with Crippen LogP contribution in [0.25, 0.3) is 32.8 Å². The summed E-state index contributed by atoms with van der Waals surface area (Å²) in [6.45, 7) is 4.24. The summed E-state index contributed by atoms with van der Waals surface area (Å²) in [6, 6.07) is 17.9. The molecule has 0 atom stereocenters. The zero-order chi connectivity index (χ0) is 26.8. The van der Waals surface area contributed by atoms with Crippen molar-refractivity contribution in [3.05, 3.63) is 82.3 Å². The number of aliphatic hydroxyl groups excluding tert-OH is 1. The molecule has 7 nitrogen and oxygen atoms in total. The molecule has 0 aliphatic rings. The fraction of sp³-hybridized carbons (Fsp3) is 0.267. The molecule has 196 valence electrons.